The van der Waals surface area contributed by atoms with Crippen LogP contribution in [0.4, 0.5) is 0 Å². The number of hydrogen-bond donors (Lipinski definition) is 0. The van der Waals surface area contributed by atoms with Gasteiger partial charge in [-0.2, -0.15) is 0 Å². The summed E-state index contributed by atoms with van der Waals surface area (Å²) in [7, 11) is 0. The predicted molar refractivity (Wildman–Crippen MR) is 95.9 cm³/mol. The van der Waals surface area contributed by atoms with E-state index in [9.17, 15) is 0 Å². The fourth-order valence-electron chi connectivity index (χ4n) is 3.44. The van der Waals surface area contributed by atoms with Crippen molar-refractivity contribution in [2.24, 2.45) is 0 Å². The molecule has 1 aliphatic carbocycles. The van der Waals surface area contributed by atoms with Crippen molar-refractivity contribution < 1.29 is 4.74 Å². The van der Waals surface area contributed by atoms with Crippen LogP contribution < -0.4 is 4.74 Å². The van der Waals surface area contributed by atoms with Crippen molar-refractivity contribution in [3.8, 4) is 28.0 Å². The van der Waals surface area contributed by atoms with Gasteiger partial charge in [0.2, 0.25) is 0 Å². The minimum atomic E-state index is 0.756. The van der Waals surface area contributed by atoms with Gasteiger partial charge in [-0.25, -0.2) is 0 Å². The Balaban J connectivity index is 1.91. The molecule has 0 saturated heterocycles. The first-order chi connectivity index (χ1) is 11.4. The lowest BCUT2D eigenvalue weighted by molar-refractivity contribution is 0.318. The monoisotopic (exact) mass is 300 g/mol. The molecule has 0 bridgehead atoms. The van der Waals surface area contributed by atoms with Gasteiger partial charge < -0.3 is 4.74 Å². The maximum absolute atomic E-state index is 6.06. The Morgan fingerprint density at radius 1 is 0.826 bits per heavy atom. The summed E-state index contributed by atoms with van der Waals surface area (Å²) >= 11 is 0. The first kappa shape index (κ1) is 14.1. The molecule has 1 nitrogen and oxygen atoms in total. The van der Waals surface area contributed by atoms with E-state index in [0.29, 0.717) is 0 Å². The zero-order chi connectivity index (χ0) is 15.6. The van der Waals surface area contributed by atoms with Crippen LogP contribution in [0.25, 0.3) is 22.3 Å². The maximum atomic E-state index is 6.06. The molecular formula is C22H20O. The molecule has 1 heteroatoms. The fourth-order valence-corrected chi connectivity index (χ4v) is 3.44. The lowest BCUT2D eigenvalue weighted by Crippen LogP contribution is -1.99. The van der Waals surface area contributed by atoms with Crippen LogP contribution in [0.1, 0.15) is 24.5 Å². The van der Waals surface area contributed by atoms with E-state index in [1.165, 1.54) is 33.4 Å². The van der Waals surface area contributed by atoms with Gasteiger partial charge in [0.25, 0.3) is 0 Å². The third-order valence-corrected chi connectivity index (χ3v) is 4.47. The molecule has 0 amide bonds. The van der Waals surface area contributed by atoms with Crippen molar-refractivity contribution in [1.82, 2.24) is 0 Å². The number of rotatable bonds is 4. The second-order valence-electron chi connectivity index (χ2n) is 6.01. The smallest absolute Gasteiger partial charge is 0.127 e. The fraction of sp³-hybridized carbons (Fsp3) is 0.182. The summed E-state index contributed by atoms with van der Waals surface area (Å²) in [5.41, 5.74) is 8.01. The van der Waals surface area contributed by atoms with Crippen molar-refractivity contribution in [1.29, 1.82) is 0 Å². The molecule has 0 atom stereocenters. The molecule has 0 unspecified atom stereocenters. The number of ether oxygens (including phenoxy) is 1. The topological polar surface area (TPSA) is 9.23 Å². The molecule has 0 radical (unpaired) electrons. The lowest BCUT2D eigenvalue weighted by atomic mass is 9.94. The van der Waals surface area contributed by atoms with Crippen LogP contribution in [0.15, 0.2) is 66.7 Å². The van der Waals surface area contributed by atoms with Crippen molar-refractivity contribution >= 4 is 0 Å². The minimum absolute atomic E-state index is 0.756. The zero-order valence-electron chi connectivity index (χ0n) is 13.4. The first-order valence-corrected chi connectivity index (χ1v) is 8.31. The van der Waals surface area contributed by atoms with E-state index in [1.54, 1.807) is 0 Å². The third kappa shape index (κ3) is 2.43. The van der Waals surface area contributed by atoms with Crippen molar-refractivity contribution in [2.75, 3.05) is 6.61 Å². The van der Waals surface area contributed by atoms with Crippen LogP contribution in [0.2, 0.25) is 0 Å². The highest BCUT2D eigenvalue weighted by Crippen LogP contribution is 2.45. The lowest BCUT2D eigenvalue weighted by Gasteiger charge is -2.16. The van der Waals surface area contributed by atoms with Gasteiger partial charge in [-0.1, -0.05) is 67.6 Å². The highest BCUT2D eigenvalue weighted by molar-refractivity contribution is 5.87. The summed E-state index contributed by atoms with van der Waals surface area (Å²) < 4.78 is 6.06. The standard InChI is InChI=1S/C22H20O/c1-2-14-23-21-13-12-19-18-11-7-6-10-17(18)15-20(19)22(21)16-8-4-3-5-9-16/h3-13H,2,14-15H2,1H3. The minimum Gasteiger partial charge on any atom is -0.493 e. The normalized spacial score (nSPS) is 11.9. The van der Waals surface area contributed by atoms with E-state index in [0.717, 1.165) is 25.2 Å². The van der Waals surface area contributed by atoms with Crippen molar-refractivity contribution in [2.45, 2.75) is 19.8 Å². The molecule has 0 fully saturated rings. The summed E-state index contributed by atoms with van der Waals surface area (Å²) in [6, 6.07) is 23.7. The van der Waals surface area contributed by atoms with E-state index in [4.69, 9.17) is 4.74 Å². The number of fused-ring (bicyclic) bond motifs is 3. The zero-order valence-corrected chi connectivity index (χ0v) is 13.4. The first-order valence-electron chi connectivity index (χ1n) is 8.31. The van der Waals surface area contributed by atoms with Crippen LogP contribution in [0.5, 0.6) is 5.75 Å². The summed E-state index contributed by atoms with van der Waals surface area (Å²) in [4.78, 5) is 0. The van der Waals surface area contributed by atoms with E-state index in [2.05, 4.69) is 73.7 Å². The Morgan fingerprint density at radius 2 is 1.61 bits per heavy atom. The summed E-state index contributed by atoms with van der Waals surface area (Å²) in [6.45, 7) is 2.90. The van der Waals surface area contributed by atoms with Gasteiger partial charge in [-0.3, -0.25) is 0 Å². The molecule has 0 N–H and O–H groups in total. The van der Waals surface area contributed by atoms with Gasteiger partial charge in [0.1, 0.15) is 5.75 Å². The molecule has 0 aromatic heterocycles. The number of benzene rings is 3. The van der Waals surface area contributed by atoms with Gasteiger partial charge in [0, 0.05) is 5.56 Å². The van der Waals surface area contributed by atoms with Gasteiger partial charge in [0.05, 0.1) is 6.61 Å². The van der Waals surface area contributed by atoms with Crippen LogP contribution in [0, 0.1) is 0 Å². The van der Waals surface area contributed by atoms with Gasteiger partial charge in [-0.05, 0) is 46.7 Å². The molecule has 1 aliphatic rings. The van der Waals surface area contributed by atoms with Crippen molar-refractivity contribution in [3.63, 3.8) is 0 Å². The highest BCUT2D eigenvalue weighted by atomic mass is 16.5. The summed E-state index contributed by atoms with van der Waals surface area (Å²) in [6.07, 6.45) is 2.00. The second kappa shape index (κ2) is 5.92. The van der Waals surface area contributed by atoms with E-state index in [-0.39, 0.29) is 0 Å². The Kier molecular flexibility index (Phi) is 3.63. The highest BCUT2D eigenvalue weighted by Gasteiger charge is 2.24. The molecule has 3 aromatic rings. The molecule has 23 heavy (non-hydrogen) atoms. The predicted octanol–water partition coefficient (Wildman–Crippen LogP) is 5.71. The Labute approximate surface area is 137 Å². The van der Waals surface area contributed by atoms with Crippen LogP contribution in [-0.4, -0.2) is 6.61 Å². The van der Waals surface area contributed by atoms with Gasteiger partial charge >= 0.3 is 0 Å². The summed E-state index contributed by atoms with van der Waals surface area (Å²) in [5.74, 6) is 1.00. The molecule has 4 rings (SSSR count). The second-order valence-corrected chi connectivity index (χ2v) is 6.01. The van der Waals surface area contributed by atoms with Gasteiger partial charge in [0.15, 0.2) is 0 Å². The quantitative estimate of drug-likeness (QED) is 0.469. The third-order valence-electron chi connectivity index (χ3n) is 4.47. The molecule has 0 heterocycles. The van der Waals surface area contributed by atoms with E-state index >= 15 is 0 Å². The molecule has 0 aliphatic heterocycles. The molecular weight excluding hydrogens is 280 g/mol. The average Bonchev–Trinajstić information content (AvgIpc) is 2.98. The molecule has 114 valence electrons. The Morgan fingerprint density at radius 3 is 2.43 bits per heavy atom. The van der Waals surface area contributed by atoms with Crippen molar-refractivity contribution in [3.05, 3.63) is 77.9 Å². The molecule has 0 spiro atoms. The molecule has 3 aromatic carbocycles. The Hall–Kier alpha value is -2.54. The largest absolute Gasteiger partial charge is 0.493 e. The number of hydrogen-bond acceptors (Lipinski definition) is 1. The van der Waals surface area contributed by atoms with Gasteiger partial charge in [-0.15, -0.1) is 0 Å². The SMILES string of the molecule is CCCOc1ccc2c(c1-c1ccccc1)Cc1ccccc1-2. The average molecular weight is 300 g/mol. The van der Waals surface area contributed by atoms with Crippen LogP contribution in [-0.2, 0) is 6.42 Å². The summed E-state index contributed by atoms with van der Waals surface area (Å²) in [5, 5.41) is 0. The van der Waals surface area contributed by atoms with E-state index < -0.39 is 0 Å². The van der Waals surface area contributed by atoms with Crippen LogP contribution in [0.3, 0.4) is 0 Å². The maximum Gasteiger partial charge on any atom is 0.127 e. The molecule has 0 saturated carbocycles. The van der Waals surface area contributed by atoms with Crippen LogP contribution >= 0.6 is 0 Å². The van der Waals surface area contributed by atoms with E-state index in [1.807, 2.05) is 0 Å². The Bertz CT molecular complexity index is 834.